The Bertz CT molecular complexity index is 943. The van der Waals surface area contributed by atoms with Gasteiger partial charge >= 0.3 is 0 Å². The van der Waals surface area contributed by atoms with Crippen molar-refractivity contribution in [2.45, 2.75) is 58.9 Å². The minimum absolute atomic E-state index is 0.00926. The molecule has 8 heteroatoms. The number of benzene rings is 1. The normalized spacial score (nSPS) is 14.6. The Morgan fingerprint density at radius 1 is 1.16 bits per heavy atom. The van der Waals surface area contributed by atoms with Gasteiger partial charge < -0.3 is 23.8 Å². The molecule has 1 aromatic carbocycles. The summed E-state index contributed by atoms with van der Waals surface area (Å²) in [5.74, 6) is 2.71. The number of anilines is 2. The first kappa shape index (κ1) is 23.3. The molecule has 2 heterocycles. The average Bonchev–Trinajstić information content (AvgIpc) is 3.16. The zero-order chi connectivity index (χ0) is 22.7. The van der Waals surface area contributed by atoms with Gasteiger partial charge in [0.1, 0.15) is 5.82 Å². The van der Waals surface area contributed by atoms with Gasteiger partial charge in [0.2, 0.25) is 0 Å². The predicted octanol–water partition coefficient (Wildman–Crippen LogP) is 5.44. The molecule has 1 aliphatic heterocycles. The first-order valence-electron chi connectivity index (χ1n) is 11.0. The van der Waals surface area contributed by atoms with E-state index in [1.165, 1.54) is 0 Å². The molecule has 1 aromatic heterocycles. The van der Waals surface area contributed by atoms with E-state index in [4.69, 9.17) is 26.1 Å². The van der Waals surface area contributed by atoms with Crippen LogP contribution in [0.2, 0.25) is 5.02 Å². The van der Waals surface area contributed by atoms with Gasteiger partial charge in [-0.25, -0.2) is 4.98 Å². The van der Waals surface area contributed by atoms with Crippen LogP contribution in [0.3, 0.4) is 0 Å². The highest BCUT2D eigenvalue weighted by Crippen LogP contribution is 2.43. The molecule has 0 radical (unpaired) electrons. The summed E-state index contributed by atoms with van der Waals surface area (Å²) < 4.78 is 13.0. The van der Waals surface area contributed by atoms with Crippen LogP contribution in [0, 0.1) is 0 Å². The van der Waals surface area contributed by atoms with E-state index in [0.29, 0.717) is 34.7 Å². The molecular weight excluding hydrogens is 416 g/mol. The van der Waals surface area contributed by atoms with Gasteiger partial charge in [-0.05, 0) is 12.8 Å². The number of imidazole rings is 1. The fourth-order valence-electron chi connectivity index (χ4n) is 4.22. The molecule has 0 aliphatic carbocycles. The minimum atomic E-state index is -0.00926. The smallest absolute Gasteiger partial charge is 0.275 e. The maximum Gasteiger partial charge on any atom is 0.275 e. The van der Waals surface area contributed by atoms with Gasteiger partial charge in [-0.15, -0.1) is 0 Å². The number of carbonyl (C=O) groups excluding carboxylic acids is 1. The number of unbranched alkanes of at least 4 members (excludes halogenated alkanes) is 1. The number of amides is 1. The zero-order valence-electron chi connectivity index (χ0n) is 19.4. The molecule has 0 bridgehead atoms. The van der Waals surface area contributed by atoms with Crippen molar-refractivity contribution in [3.63, 3.8) is 0 Å². The van der Waals surface area contributed by atoms with Crippen LogP contribution < -0.4 is 14.4 Å². The van der Waals surface area contributed by atoms with Gasteiger partial charge in [-0.3, -0.25) is 4.79 Å². The molecule has 2 aromatic rings. The monoisotopic (exact) mass is 448 g/mol. The predicted molar refractivity (Wildman–Crippen MR) is 124 cm³/mol. The zero-order valence-corrected chi connectivity index (χ0v) is 20.1. The van der Waals surface area contributed by atoms with Crippen LogP contribution in [-0.2, 0) is 6.42 Å². The minimum Gasteiger partial charge on any atom is -0.493 e. The van der Waals surface area contributed by atoms with Crippen LogP contribution >= 0.6 is 11.6 Å². The number of hydrogen-bond donors (Lipinski definition) is 0. The number of nitrogens with zero attached hydrogens (tertiary/aromatic N) is 4. The molecule has 1 amide bonds. The molecule has 1 unspecified atom stereocenters. The summed E-state index contributed by atoms with van der Waals surface area (Å²) >= 11 is 6.64. The number of hydrogen-bond acceptors (Lipinski definition) is 5. The lowest BCUT2D eigenvalue weighted by Gasteiger charge is -2.35. The molecule has 1 aliphatic rings. The van der Waals surface area contributed by atoms with E-state index in [-0.39, 0.29) is 11.9 Å². The fraction of sp³-hybridized carbons (Fsp3) is 0.565. The Kier molecular flexibility index (Phi) is 7.36. The lowest BCUT2D eigenvalue weighted by Crippen LogP contribution is -2.43. The number of methoxy groups -OCH3 is 2. The van der Waals surface area contributed by atoms with Crippen molar-refractivity contribution in [1.82, 2.24) is 14.5 Å². The van der Waals surface area contributed by atoms with Crippen molar-refractivity contribution in [2.75, 3.05) is 32.8 Å². The van der Waals surface area contributed by atoms with Gasteiger partial charge in [-0.2, -0.15) is 0 Å². The van der Waals surface area contributed by atoms with Crippen molar-refractivity contribution in [1.29, 1.82) is 0 Å². The lowest BCUT2D eigenvalue weighted by molar-refractivity contribution is 0.0772. The number of aromatic nitrogens is 2. The lowest BCUT2D eigenvalue weighted by atomic mass is 10.1. The SMILES string of the molecule is CCCCC(CC)n1c(CC)nc2c1C(=O)N(C)CN2c1cc(OC)c(OC)cc1Cl. The van der Waals surface area contributed by atoms with Gasteiger partial charge in [0.25, 0.3) is 5.91 Å². The summed E-state index contributed by atoms with van der Waals surface area (Å²) in [5.41, 5.74) is 1.37. The Balaban J connectivity index is 2.19. The van der Waals surface area contributed by atoms with Crippen molar-refractivity contribution >= 4 is 29.0 Å². The van der Waals surface area contributed by atoms with E-state index in [0.717, 1.165) is 43.6 Å². The van der Waals surface area contributed by atoms with Crippen LogP contribution in [0.5, 0.6) is 11.5 Å². The molecule has 0 N–H and O–H groups in total. The van der Waals surface area contributed by atoms with Crippen LogP contribution in [0.15, 0.2) is 12.1 Å². The Labute approximate surface area is 189 Å². The van der Waals surface area contributed by atoms with E-state index in [1.54, 1.807) is 25.2 Å². The van der Waals surface area contributed by atoms with Crippen LogP contribution in [-0.4, -0.2) is 48.3 Å². The van der Waals surface area contributed by atoms with E-state index in [9.17, 15) is 4.79 Å². The standard InChI is InChI=1S/C23H33ClN4O3/c1-7-10-11-15(8-2)28-20(9-3)25-22-21(28)23(29)26(4)14-27(22)17-13-19(31-6)18(30-5)12-16(17)24/h12-13,15H,7-11,14H2,1-6H3. The van der Waals surface area contributed by atoms with E-state index >= 15 is 0 Å². The highest BCUT2D eigenvalue weighted by Gasteiger charge is 2.37. The van der Waals surface area contributed by atoms with Gasteiger partial charge in [0.15, 0.2) is 23.0 Å². The number of aryl methyl sites for hydroxylation is 1. The Morgan fingerprint density at radius 3 is 2.42 bits per heavy atom. The van der Waals surface area contributed by atoms with Crippen molar-refractivity contribution < 1.29 is 14.3 Å². The van der Waals surface area contributed by atoms with E-state index in [1.807, 2.05) is 18.0 Å². The first-order valence-corrected chi connectivity index (χ1v) is 11.3. The van der Waals surface area contributed by atoms with Gasteiger partial charge in [0.05, 0.1) is 31.6 Å². The number of halogens is 1. The van der Waals surface area contributed by atoms with Crippen LogP contribution in [0.4, 0.5) is 11.5 Å². The van der Waals surface area contributed by atoms with E-state index in [2.05, 4.69) is 25.3 Å². The second kappa shape index (κ2) is 9.81. The third-order valence-electron chi connectivity index (χ3n) is 5.91. The van der Waals surface area contributed by atoms with Crippen molar-refractivity contribution in [3.05, 3.63) is 28.7 Å². The quantitative estimate of drug-likeness (QED) is 0.511. The Morgan fingerprint density at radius 2 is 1.84 bits per heavy atom. The highest BCUT2D eigenvalue weighted by atomic mass is 35.5. The third kappa shape index (κ3) is 4.20. The average molecular weight is 449 g/mol. The van der Waals surface area contributed by atoms with Crippen molar-refractivity contribution in [3.8, 4) is 11.5 Å². The summed E-state index contributed by atoms with van der Waals surface area (Å²) in [4.78, 5) is 21.9. The third-order valence-corrected chi connectivity index (χ3v) is 6.21. The molecular formula is C23H33ClN4O3. The number of ether oxygens (including phenoxy) is 2. The second-order valence-electron chi connectivity index (χ2n) is 7.86. The van der Waals surface area contributed by atoms with Crippen LogP contribution in [0.1, 0.15) is 68.8 Å². The molecule has 1 atom stereocenters. The molecule has 31 heavy (non-hydrogen) atoms. The second-order valence-corrected chi connectivity index (χ2v) is 8.27. The topological polar surface area (TPSA) is 59.8 Å². The largest absolute Gasteiger partial charge is 0.493 e. The molecule has 0 fully saturated rings. The van der Waals surface area contributed by atoms with Gasteiger partial charge in [0, 0.05) is 31.6 Å². The molecule has 3 rings (SSSR count). The number of rotatable bonds is 9. The number of fused-ring (bicyclic) bond motifs is 1. The molecule has 0 saturated carbocycles. The summed E-state index contributed by atoms with van der Waals surface area (Å²) in [6, 6.07) is 3.82. The Hall–Kier alpha value is -2.41. The summed E-state index contributed by atoms with van der Waals surface area (Å²) in [6.07, 6.45) is 4.96. The molecule has 0 saturated heterocycles. The molecule has 7 nitrogen and oxygen atoms in total. The fourth-order valence-corrected chi connectivity index (χ4v) is 4.47. The number of carbonyl (C=O) groups is 1. The maximum atomic E-state index is 13.3. The molecule has 170 valence electrons. The maximum absolute atomic E-state index is 13.3. The first-order chi connectivity index (χ1) is 14.9. The summed E-state index contributed by atoms with van der Waals surface area (Å²) in [6.45, 7) is 6.80. The van der Waals surface area contributed by atoms with Crippen LogP contribution in [0.25, 0.3) is 0 Å². The highest BCUT2D eigenvalue weighted by molar-refractivity contribution is 6.33. The molecule has 0 spiro atoms. The van der Waals surface area contributed by atoms with Crippen molar-refractivity contribution in [2.24, 2.45) is 0 Å². The van der Waals surface area contributed by atoms with Gasteiger partial charge in [-0.1, -0.05) is 45.2 Å². The summed E-state index contributed by atoms with van der Waals surface area (Å²) in [5, 5.41) is 0.511. The summed E-state index contributed by atoms with van der Waals surface area (Å²) in [7, 11) is 4.98. The van der Waals surface area contributed by atoms with E-state index < -0.39 is 0 Å².